The molecule has 33 heavy (non-hydrogen) atoms. The van der Waals surface area contributed by atoms with Crippen LogP contribution in [0.5, 0.6) is 5.75 Å². The van der Waals surface area contributed by atoms with E-state index in [1.54, 1.807) is 6.21 Å². The minimum atomic E-state index is -0.479. The number of hydrogen-bond acceptors (Lipinski definition) is 2. The third kappa shape index (κ3) is 7.21. The van der Waals surface area contributed by atoms with Crippen molar-refractivity contribution in [2.45, 2.75) is 47.1 Å². The Morgan fingerprint density at radius 1 is 0.939 bits per heavy atom. The zero-order valence-electron chi connectivity index (χ0n) is 20.7. The molecule has 0 aliphatic carbocycles. The number of H-pyrrole nitrogens is 1. The summed E-state index contributed by atoms with van der Waals surface area (Å²) in [5, 5.41) is 0. The number of allylic oxidation sites excluding steroid dienone is 4. The average Bonchev–Trinajstić information content (AvgIpc) is 3.23. The zero-order chi connectivity index (χ0) is 24.3. The summed E-state index contributed by atoms with van der Waals surface area (Å²) in [7, 11) is 0. The molecule has 0 spiro atoms. The van der Waals surface area contributed by atoms with Crippen LogP contribution in [0.15, 0.2) is 102 Å². The Kier molecular flexibility index (Phi) is 9.68. The molecular formula is C30H36N2O. The van der Waals surface area contributed by atoms with Crippen molar-refractivity contribution in [3.8, 4) is 17.0 Å². The van der Waals surface area contributed by atoms with Crippen LogP contribution in [0, 0.1) is 6.92 Å². The van der Waals surface area contributed by atoms with Crippen molar-refractivity contribution in [2.75, 3.05) is 0 Å². The van der Waals surface area contributed by atoms with Crippen molar-refractivity contribution < 1.29 is 4.74 Å². The van der Waals surface area contributed by atoms with Crippen LogP contribution in [0.2, 0.25) is 0 Å². The lowest BCUT2D eigenvalue weighted by Gasteiger charge is -2.25. The van der Waals surface area contributed by atoms with Gasteiger partial charge in [-0.1, -0.05) is 75.0 Å². The van der Waals surface area contributed by atoms with E-state index in [1.807, 2.05) is 95.3 Å². The maximum atomic E-state index is 6.09. The largest absolute Gasteiger partial charge is 0.481 e. The Morgan fingerprint density at radius 2 is 1.61 bits per heavy atom. The lowest BCUT2D eigenvalue weighted by Crippen LogP contribution is -2.29. The van der Waals surface area contributed by atoms with Crippen molar-refractivity contribution in [3.63, 3.8) is 0 Å². The Bertz CT molecular complexity index is 1110. The smallest absolute Gasteiger partial charge is 0.145 e. The van der Waals surface area contributed by atoms with Crippen LogP contribution in [-0.4, -0.2) is 16.8 Å². The summed E-state index contributed by atoms with van der Waals surface area (Å²) in [4.78, 5) is 7.77. The summed E-state index contributed by atoms with van der Waals surface area (Å²) in [5.74, 6) is 0.852. The SMILES string of the molecule is C=C1C=C(N=C/C=C\C)C(C)(C)Oc2ccccc21.CC.Cc1ccc(-c2ccccc2)[nH]1. The Balaban J connectivity index is 0.000000236. The summed E-state index contributed by atoms with van der Waals surface area (Å²) in [5.41, 5.74) is 5.97. The Hall–Kier alpha value is -3.59. The van der Waals surface area contributed by atoms with Crippen molar-refractivity contribution in [1.29, 1.82) is 0 Å². The molecule has 2 aromatic carbocycles. The van der Waals surface area contributed by atoms with E-state index < -0.39 is 5.60 Å². The molecule has 1 N–H and O–H groups in total. The number of ether oxygens (including phenoxy) is 1. The maximum Gasteiger partial charge on any atom is 0.145 e. The number of aliphatic imine (C=N–C) groups is 1. The van der Waals surface area contributed by atoms with Gasteiger partial charge in [-0.2, -0.15) is 0 Å². The van der Waals surface area contributed by atoms with Crippen LogP contribution < -0.4 is 4.74 Å². The predicted octanol–water partition coefficient (Wildman–Crippen LogP) is 8.42. The van der Waals surface area contributed by atoms with Crippen LogP contribution in [0.1, 0.15) is 45.9 Å². The van der Waals surface area contributed by atoms with Gasteiger partial charge in [0.05, 0.1) is 5.70 Å². The van der Waals surface area contributed by atoms with E-state index in [0.717, 1.165) is 22.6 Å². The molecule has 0 fully saturated rings. The second-order valence-electron chi connectivity index (χ2n) is 7.89. The van der Waals surface area contributed by atoms with Crippen LogP contribution in [0.25, 0.3) is 16.8 Å². The summed E-state index contributed by atoms with van der Waals surface area (Å²) < 4.78 is 6.09. The number of fused-ring (bicyclic) bond motifs is 1. The van der Waals surface area contributed by atoms with E-state index in [2.05, 4.69) is 47.7 Å². The van der Waals surface area contributed by atoms with Crippen LogP contribution in [0.4, 0.5) is 0 Å². The lowest BCUT2D eigenvalue weighted by atomic mass is 10.0. The molecule has 0 atom stereocenters. The second-order valence-corrected chi connectivity index (χ2v) is 7.89. The van der Waals surface area contributed by atoms with E-state index >= 15 is 0 Å². The van der Waals surface area contributed by atoms with Gasteiger partial charge in [0.15, 0.2) is 0 Å². The molecule has 4 rings (SSSR count). The highest BCUT2D eigenvalue weighted by atomic mass is 16.5. The molecule has 0 amide bonds. The third-order valence-electron chi connectivity index (χ3n) is 4.93. The van der Waals surface area contributed by atoms with Crippen LogP contribution in [0.3, 0.4) is 0 Å². The van der Waals surface area contributed by atoms with Gasteiger partial charge in [-0.05, 0) is 69.2 Å². The quantitative estimate of drug-likeness (QED) is 0.408. The molecule has 0 bridgehead atoms. The molecule has 1 aromatic heterocycles. The number of nitrogens with one attached hydrogen (secondary N) is 1. The van der Waals surface area contributed by atoms with E-state index in [9.17, 15) is 0 Å². The highest BCUT2D eigenvalue weighted by molar-refractivity contribution is 5.79. The van der Waals surface area contributed by atoms with Crippen molar-refractivity contribution in [3.05, 3.63) is 108 Å². The number of aromatic nitrogens is 1. The minimum absolute atomic E-state index is 0.479. The van der Waals surface area contributed by atoms with Gasteiger partial charge < -0.3 is 9.72 Å². The minimum Gasteiger partial charge on any atom is -0.481 e. The molecule has 0 saturated carbocycles. The van der Waals surface area contributed by atoms with Crippen LogP contribution >= 0.6 is 0 Å². The molecule has 2 heterocycles. The van der Waals surface area contributed by atoms with Gasteiger partial charge in [-0.15, -0.1) is 0 Å². The summed E-state index contributed by atoms with van der Waals surface area (Å²) in [6.07, 6.45) is 7.61. The topological polar surface area (TPSA) is 37.4 Å². The zero-order valence-corrected chi connectivity index (χ0v) is 20.7. The Labute approximate surface area is 199 Å². The van der Waals surface area contributed by atoms with Gasteiger partial charge in [-0.3, -0.25) is 4.99 Å². The summed E-state index contributed by atoms with van der Waals surface area (Å²) in [6.45, 7) is 16.2. The molecule has 1 aliphatic rings. The number of aryl methyl sites for hydroxylation is 1. The number of para-hydroxylation sites is 1. The first-order valence-corrected chi connectivity index (χ1v) is 11.5. The molecule has 1 aliphatic heterocycles. The third-order valence-corrected chi connectivity index (χ3v) is 4.93. The standard InChI is InChI=1S/C17H19NO.C11H11N.C2H6/c1-5-6-11-18-16-12-13(2)14-9-7-8-10-15(14)19-17(16,3)4;1-9-7-8-11(12-9)10-5-3-2-4-6-10;1-2/h5-12H,2H2,1,3-4H3;2-8,12H,1H3;1-2H3/b6-5-,18-11?;;. The first-order chi connectivity index (χ1) is 15.9. The van der Waals surface area contributed by atoms with Crippen LogP contribution in [-0.2, 0) is 0 Å². The van der Waals surface area contributed by atoms with E-state index in [1.165, 1.54) is 17.0 Å². The van der Waals surface area contributed by atoms with Gasteiger partial charge in [-0.25, -0.2) is 0 Å². The molecule has 3 aromatic rings. The van der Waals surface area contributed by atoms with Gasteiger partial charge >= 0.3 is 0 Å². The number of hydrogen-bond donors (Lipinski definition) is 1. The van der Waals surface area contributed by atoms with Gasteiger partial charge in [0.2, 0.25) is 0 Å². The fourth-order valence-electron chi connectivity index (χ4n) is 3.26. The molecule has 3 nitrogen and oxygen atoms in total. The normalized spacial score (nSPS) is 14.2. The molecule has 3 heteroatoms. The van der Waals surface area contributed by atoms with Crippen molar-refractivity contribution in [2.24, 2.45) is 4.99 Å². The summed E-state index contributed by atoms with van der Waals surface area (Å²) >= 11 is 0. The van der Waals surface area contributed by atoms with E-state index in [4.69, 9.17) is 4.74 Å². The number of nitrogens with zero attached hydrogens (tertiary/aromatic N) is 1. The van der Waals surface area contributed by atoms with Gasteiger partial charge in [0, 0.05) is 23.2 Å². The fourth-order valence-corrected chi connectivity index (χ4v) is 3.26. The average molecular weight is 441 g/mol. The first kappa shape index (κ1) is 25.7. The number of benzene rings is 2. The fraction of sp³-hybridized carbons (Fsp3) is 0.233. The molecular weight excluding hydrogens is 404 g/mol. The number of rotatable bonds is 3. The molecule has 0 radical (unpaired) electrons. The van der Waals surface area contributed by atoms with Gasteiger partial charge in [0.25, 0.3) is 0 Å². The first-order valence-electron chi connectivity index (χ1n) is 11.5. The second kappa shape index (κ2) is 12.4. The molecule has 0 saturated heterocycles. The van der Waals surface area contributed by atoms with Crippen molar-refractivity contribution >= 4 is 11.8 Å². The van der Waals surface area contributed by atoms with Gasteiger partial charge in [0.1, 0.15) is 11.4 Å². The highest BCUT2D eigenvalue weighted by Gasteiger charge is 2.29. The van der Waals surface area contributed by atoms with E-state index in [0.29, 0.717) is 0 Å². The number of aromatic amines is 1. The molecule has 172 valence electrons. The predicted molar refractivity (Wildman–Crippen MR) is 144 cm³/mol. The van der Waals surface area contributed by atoms with E-state index in [-0.39, 0.29) is 0 Å². The van der Waals surface area contributed by atoms with Crippen molar-refractivity contribution in [1.82, 2.24) is 4.98 Å². The highest BCUT2D eigenvalue weighted by Crippen LogP contribution is 2.36. The maximum absolute atomic E-state index is 6.09. The monoisotopic (exact) mass is 440 g/mol. The lowest BCUT2D eigenvalue weighted by molar-refractivity contribution is 0.148. The Morgan fingerprint density at radius 3 is 2.24 bits per heavy atom. The molecule has 0 unspecified atom stereocenters. The summed E-state index contributed by atoms with van der Waals surface area (Å²) in [6, 6.07) is 22.5.